The number of hydrogen-bond acceptors (Lipinski definition) is 4. The number of alkyl halides is 2. The Kier molecular flexibility index (Phi) is 5.62. The highest BCUT2D eigenvalue weighted by Gasteiger charge is 2.32. The maximum atomic E-state index is 13.0. The summed E-state index contributed by atoms with van der Waals surface area (Å²) in [7, 11) is -3.96. The van der Waals surface area contributed by atoms with Crippen molar-refractivity contribution >= 4 is 10.0 Å². The van der Waals surface area contributed by atoms with Gasteiger partial charge in [-0.15, -0.1) is 0 Å². The van der Waals surface area contributed by atoms with E-state index in [0.717, 1.165) is 11.3 Å². The van der Waals surface area contributed by atoms with Crippen LogP contribution in [0.25, 0.3) is 0 Å². The Labute approximate surface area is 146 Å². The molecule has 2 aromatic heterocycles. The lowest BCUT2D eigenvalue weighted by Gasteiger charge is -2.20. The lowest BCUT2D eigenvalue weighted by Crippen LogP contribution is -2.31. The minimum atomic E-state index is -3.96. The minimum absolute atomic E-state index is 0.0630. The maximum Gasteiger partial charge on any atom is 0.333 e. The fourth-order valence-corrected chi connectivity index (χ4v) is 4.56. The molecule has 0 aromatic carbocycles. The summed E-state index contributed by atoms with van der Waals surface area (Å²) in [5, 5.41) is 7.99. The van der Waals surface area contributed by atoms with Gasteiger partial charge in [0.1, 0.15) is 4.90 Å². The monoisotopic (exact) mass is 375 g/mol. The van der Waals surface area contributed by atoms with Gasteiger partial charge < -0.3 is 0 Å². The van der Waals surface area contributed by atoms with E-state index in [1.807, 2.05) is 13.8 Å². The third-order valence-electron chi connectivity index (χ3n) is 4.11. The molecule has 0 aliphatic carbocycles. The Morgan fingerprint density at radius 1 is 1.16 bits per heavy atom. The zero-order valence-corrected chi connectivity index (χ0v) is 15.8. The molecule has 140 valence electrons. The lowest BCUT2D eigenvalue weighted by molar-refractivity contribution is 0.0538. The molecular weight excluding hydrogens is 352 g/mol. The molecule has 10 heteroatoms. The van der Waals surface area contributed by atoms with E-state index in [4.69, 9.17) is 0 Å². The topological polar surface area (TPSA) is 73.0 Å². The number of aryl methyl sites for hydroxylation is 3. The molecule has 2 rings (SSSR count). The summed E-state index contributed by atoms with van der Waals surface area (Å²) in [6.07, 6.45) is 1.80. The van der Waals surface area contributed by atoms with Crippen molar-refractivity contribution in [3.8, 4) is 0 Å². The van der Waals surface area contributed by atoms with Gasteiger partial charge in [0, 0.05) is 31.4 Å². The molecule has 0 aliphatic heterocycles. The van der Waals surface area contributed by atoms with Gasteiger partial charge in [0.15, 0.2) is 0 Å². The predicted molar refractivity (Wildman–Crippen MR) is 88.9 cm³/mol. The van der Waals surface area contributed by atoms with Crippen LogP contribution >= 0.6 is 0 Å². The number of rotatable bonds is 7. The van der Waals surface area contributed by atoms with Crippen molar-refractivity contribution in [1.29, 1.82) is 0 Å². The van der Waals surface area contributed by atoms with Crippen LogP contribution in [0.1, 0.15) is 43.0 Å². The van der Waals surface area contributed by atoms with Crippen molar-refractivity contribution in [2.24, 2.45) is 0 Å². The Morgan fingerprint density at radius 3 is 2.24 bits per heavy atom. The molecule has 0 saturated heterocycles. The summed E-state index contributed by atoms with van der Waals surface area (Å²) in [6.45, 7) is 6.35. The highest BCUT2D eigenvalue weighted by molar-refractivity contribution is 7.89. The van der Waals surface area contributed by atoms with E-state index in [9.17, 15) is 17.2 Å². The molecule has 0 aliphatic rings. The van der Waals surface area contributed by atoms with Gasteiger partial charge in [0.2, 0.25) is 10.0 Å². The van der Waals surface area contributed by atoms with Crippen molar-refractivity contribution in [2.45, 2.75) is 59.2 Å². The summed E-state index contributed by atoms with van der Waals surface area (Å²) in [4.78, 5) is -0.157. The molecule has 0 fully saturated rings. The molecular formula is C15H23F2N5O2S. The highest BCUT2D eigenvalue weighted by Crippen LogP contribution is 2.27. The normalized spacial score (nSPS) is 12.5. The van der Waals surface area contributed by atoms with E-state index in [2.05, 4.69) is 10.2 Å². The van der Waals surface area contributed by atoms with Crippen LogP contribution in [0.2, 0.25) is 0 Å². The minimum Gasteiger partial charge on any atom is -0.272 e. The molecule has 25 heavy (non-hydrogen) atoms. The molecule has 0 amide bonds. The highest BCUT2D eigenvalue weighted by atomic mass is 32.2. The molecule has 0 radical (unpaired) electrons. The van der Waals surface area contributed by atoms with Crippen LogP contribution < -0.4 is 0 Å². The summed E-state index contributed by atoms with van der Waals surface area (Å²) in [5.41, 5.74) is 1.53. The van der Waals surface area contributed by atoms with E-state index >= 15 is 0 Å². The number of halogens is 2. The quantitative estimate of drug-likeness (QED) is 0.746. The first-order valence-corrected chi connectivity index (χ1v) is 9.44. The standard InChI is InChI=1S/C15H23F2N5O2S/c1-6-20-8-13(10(3)18-20)9-21(7-2)25(23,24)14-11(4)19-22(12(14)5)15(16)17/h8,15H,6-7,9H2,1-5H3. The molecule has 2 heterocycles. The summed E-state index contributed by atoms with van der Waals surface area (Å²) < 4.78 is 55.5. The molecule has 0 bridgehead atoms. The van der Waals surface area contributed by atoms with Gasteiger partial charge in [0.05, 0.1) is 17.1 Å². The van der Waals surface area contributed by atoms with Gasteiger partial charge in [-0.3, -0.25) is 4.68 Å². The van der Waals surface area contributed by atoms with Gasteiger partial charge in [-0.25, -0.2) is 13.1 Å². The summed E-state index contributed by atoms with van der Waals surface area (Å²) in [5.74, 6) is 0. The van der Waals surface area contributed by atoms with Crippen LogP contribution in [-0.2, 0) is 23.1 Å². The van der Waals surface area contributed by atoms with E-state index in [1.165, 1.54) is 18.2 Å². The molecule has 0 N–H and O–H groups in total. The van der Waals surface area contributed by atoms with Gasteiger partial charge in [-0.2, -0.15) is 23.3 Å². The van der Waals surface area contributed by atoms with Gasteiger partial charge in [-0.05, 0) is 27.7 Å². The second kappa shape index (κ2) is 7.20. The van der Waals surface area contributed by atoms with Crippen LogP contribution in [0.5, 0.6) is 0 Å². The third kappa shape index (κ3) is 3.59. The zero-order chi connectivity index (χ0) is 18.9. The van der Waals surface area contributed by atoms with Crippen LogP contribution in [0.4, 0.5) is 8.78 Å². The molecule has 0 unspecified atom stereocenters. The van der Waals surface area contributed by atoms with Gasteiger partial charge >= 0.3 is 6.55 Å². The van der Waals surface area contributed by atoms with E-state index < -0.39 is 16.6 Å². The fourth-order valence-electron chi connectivity index (χ4n) is 2.77. The Hall–Kier alpha value is -1.81. The largest absolute Gasteiger partial charge is 0.333 e. The number of nitrogens with zero attached hydrogens (tertiary/aromatic N) is 5. The second-order valence-corrected chi connectivity index (χ2v) is 7.62. The predicted octanol–water partition coefficient (Wildman–Crippen LogP) is 2.63. The number of aromatic nitrogens is 4. The average molecular weight is 375 g/mol. The second-order valence-electron chi connectivity index (χ2n) is 5.75. The zero-order valence-electron chi connectivity index (χ0n) is 15.0. The van der Waals surface area contributed by atoms with Crippen molar-refractivity contribution in [3.05, 3.63) is 28.8 Å². The van der Waals surface area contributed by atoms with E-state index in [-0.39, 0.29) is 29.4 Å². The molecule has 0 saturated carbocycles. The first-order chi connectivity index (χ1) is 11.6. The fraction of sp³-hybridized carbons (Fsp3) is 0.600. The molecule has 0 spiro atoms. The van der Waals surface area contributed by atoms with Crippen molar-refractivity contribution in [1.82, 2.24) is 23.9 Å². The first-order valence-electron chi connectivity index (χ1n) is 8.00. The van der Waals surface area contributed by atoms with Crippen molar-refractivity contribution < 1.29 is 17.2 Å². The lowest BCUT2D eigenvalue weighted by atomic mass is 10.2. The summed E-state index contributed by atoms with van der Waals surface area (Å²) >= 11 is 0. The Bertz CT molecular complexity index is 858. The number of sulfonamides is 1. The first kappa shape index (κ1) is 19.5. The summed E-state index contributed by atoms with van der Waals surface area (Å²) in [6, 6.07) is 0. The van der Waals surface area contributed by atoms with Gasteiger partial charge in [0.25, 0.3) is 0 Å². The van der Waals surface area contributed by atoms with Gasteiger partial charge in [-0.1, -0.05) is 6.92 Å². The molecule has 7 nitrogen and oxygen atoms in total. The SMILES string of the molecule is CCN(Cc1cn(CC)nc1C)S(=O)(=O)c1c(C)nn(C(F)F)c1C. The average Bonchev–Trinajstić information content (AvgIpc) is 3.04. The van der Waals surface area contributed by atoms with Crippen molar-refractivity contribution in [3.63, 3.8) is 0 Å². The van der Waals surface area contributed by atoms with Crippen LogP contribution in [-0.4, -0.2) is 38.8 Å². The molecule has 0 atom stereocenters. The molecule has 2 aromatic rings. The maximum absolute atomic E-state index is 13.0. The van der Waals surface area contributed by atoms with E-state index in [0.29, 0.717) is 11.2 Å². The smallest absolute Gasteiger partial charge is 0.272 e. The van der Waals surface area contributed by atoms with Crippen LogP contribution in [0.15, 0.2) is 11.1 Å². The number of hydrogen-bond donors (Lipinski definition) is 0. The van der Waals surface area contributed by atoms with Crippen LogP contribution in [0, 0.1) is 20.8 Å². The third-order valence-corrected chi connectivity index (χ3v) is 6.29. The Morgan fingerprint density at radius 2 is 1.80 bits per heavy atom. The van der Waals surface area contributed by atoms with Crippen molar-refractivity contribution in [2.75, 3.05) is 6.54 Å². The van der Waals surface area contributed by atoms with E-state index in [1.54, 1.807) is 17.8 Å². The Balaban J connectivity index is 2.44. The van der Waals surface area contributed by atoms with Crippen LogP contribution in [0.3, 0.4) is 0 Å².